The van der Waals surface area contributed by atoms with Crippen molar-refractivity contribution >= 4 is 15.9 Å². The van der Waals surface area contributed by atoms with E-state index < -0.39 is 11.9 Å². The van der Waals surface area contributed by atoms with E-state index in [1.54, 1.807) is 31.2 Å². The predicted molar refractivity (Wildman–Crippen MR) is 65.6 cm³/mol. The fraction of sp³-hybridized carbons (Fsp3) is 0.250. The normalized spacial score (nSPS) is 11.8. The zero-order valence-electron chi connectivity index (χ0n) is 9.50. The Balaban J connectivity index is 2.50. The van der Waals surface area contributed by atoms with Crippen LogP contribution in [0.25, 0.3) is 5.69 Å². The van der Waals surface area contributed by atoms with E-state index in [0.717, 1.165) is 10.7 Å². The summed E-state index contributed by atoms with van der Waals surface area (Å²) in [5.74, 6) is 0.393. The van der Waals surface area contributed by atoms with Gasteiger partial charge in [0.2, 0.25) is 0 Å². The minimum Gasteiger partial charge on any atom is -0.303 e. The van der Waals surface area contributed by atoms with Crippen molar-refractivity contribution in [1.82, 2.24) is 9.55 Å². The first-order valence-corrected chi connectivity index (χ1v) is 6.12. The van der Waals surface area contributed by atoms with Gasteiger partial charge in [-0.2, -0.15) is 13.2 Å². The second-order valence-corrected chi connectivity index (χ2v) is 4.66. The van der Waals surface area contributed by atoms with Gasteiger partial charge >= 0.3 is 6.18 Å². The lowest BCUT2D eigenvalue weighted by molar-refractivity contribution is -0.141. The van der Waals surface area contributed by atoms with Crippen LogP contribution in [0, 0.1) is 0 Å². The molecule has 2 rings (SSSR count). The van der Waals surface area contributed by atoms with E-state index in [0.29, 0.717) is 17.9 Å². The molecule has 2 nitrogen and oxygen atoms in total. The van der Waals surface area contributed by atoms with Crippen LogP contribution in [0.5, 0.6) is 0 Å². The highest BCUT2D eigenvalue weighted by Crippen LogP contribution is 2.29. The molecule has 96 valence electrons. The summed E-state index contributed by atoms with van der Waals surface area (Å²) in [6.45, 7) is 1.78. The van der Waals surface area contributed by atoms with Crippen molar-refractivity contribution in [2.45, 2.75) is 19.5 Å². The maximum Gasteiger partial charge on any atom is 0.434 e. The maximum absolute atomic E-state index is 12.6. The monoisotopic (exact) mass is 318 g/mol. The summed E-state index contributed by atoms with van der Waals surface area (Å²) in [6.07, 6.45) is -2.95. The van der Waals surface area contributed by atoms with Crippen LogP contribution >= 0.6 is 15.9 Å². The van der Waals surface area contributed by atoms with Gasteiger partial charge < -0.3 is 4.57 Å². The molecule has 0 atom stereocenters. The molecule has 0 bridgehead atoms. The summed E-state index contributed by atoms with van der Waals surface area (Å²) in [7, 11) is 0. The molecule has 1 aromatic carbocycles. The third-order valence-corrected chi connectivity index (χ3v) is 3.02. The quantitative estimate of drug-likeness (QED) is 0.810. The Morgan fingerprint density at radius 3 is 2.33 bits per heavy atom. The van der Waals surface area contributed by atoms with E-state index in [1.165, 1.54) is 4.57 Å². The molecule has 0 spiro atoms. The average molecular weight is 319 g/mol. The van der Waals surface area contributed by atoms with Crippen molar-refractivity contribution in [2.75, 3.05) is 0 Å². The van der Waals surface area contributed by atoms with Crippen molar-refractivity contribution in [3.8, 4) is 5.69 Å². The number of alkyl halides is 3. The minimum atomic E-state index is -4.41. The molecule has 0 amide bonds. The highest BCUT2D eigenvalue weighted by atomic mass is 79.9. The molecule has 0 saturated heterocycles. The predicted octanol–water partition coefficient (Wildman–Crippen LogP) is 4.22. The number of nitrogens with zero attached hydrogens (tertiary/aromatic N) is 2. The number of aromatic nitrogens is 2. The molecule has 1 heterocycles. The van der Waals surface area contributed by atoms with Crippen LogP contribution in [0.2, 0.25) is 0 Å². The first-order valence-electron chi connectivity index (χ1n) is 5.33. The highest BCUT2D eigenvalue weighted by molar-refractivity contribution is 9.10. The molecule has 18 heavy (non-hydrogen) atoms. The number of halogens is 4. The van der Waals surface area contributed by atoms with E-state index in [-0.39, 0.29) is 0 Å². The van der Waals surface area contributed by atoms with Gasteiger partial charge in [0.25, 0.3) is 0 Å². The summed E-state index contributed by atoms with van der Waals surface area (Å²) < 4.78 is 40.2. The van der Waals surface area contributed by atoms with E-state index in [9.17, 15) is 13.2 Å². The van der Waals surface area contributed by atoms with E-state index in [1.807, 2.05) is 0 Å². The molecule has 0 saturated carbocycles. The highest BCUT2D eigenvalue weighted by Gasteiger charge is 2.34. The minimum absolute atomic E-state index is 0.393. The molecule has 0 fully saturated rings. The number of imidazole rings is 1. The molecule has 0 aliphatic heterocycles. The summed E-state index contributed by atoms with van der Waals surface area (Å²) in [4.78, 5) is 3.63. The Bertz CT molecular complexity index is 543. The Hall–Kier alpha value is -1.30. The SMILES string of the molecule is CCc1nc(C(F)(F)F)cn1-c1ccc(Br)cc1. The largest absolute Gasteiger partial charge is 0.434 e. The third-order valence-electron chi connectivity index (χ3n) is 2.49. The Morgan fingerprint density at radius 2 is 1.83 bits per heavy atom. The third kappa shape index (κ3) is 2.58. The topological polar surface area (TPSA) is 17.8 Å². The zero-order chi connectivity index (χ0) is 13.3. The summed E-state index contributed by atoms with van der Waals surface area (Å²) >= 11 is 3.29. The molecule has 2 aromatic rings. The van der Waals surface area contributed by atoms with E-state index in [4.69, 9.17) is 0 Å². The first kappa shape index (κ1) is 13.1. The van der Waals surface area contributed by atoms with Crippen LogP contribution < -0.4 is 0 Å². The van der Waals surface area contributed by atoms with Crippen LogP contribution in [-0.2, 0) is 12.6 Å². The van der Waals surface area contributed by atoms with Gasteiger partial charge in [-0.05, 0) is 24.3 Å². The number of hydrogen-bond donors (Lipinski definition) is 0. The zero-order valence-corrected chi connectivity index (χ0v) is 11.1. The number of rotatable bonds is 2. The molecule has 6 heteroatoms. The molecular formula is C12H10BrF3N2. The van der Waals surface area contributed by atoms with Gasteiger partial charge in [0.05, 0.1) is 0 Å². The fourth-order valence-electron chi connectivity index (χ4n) is 1.63. The summed E-state index contributed by atoms with van der Waals surface area (Å²) in [6, 6.07) is 7.04. The van der Waals surface area contributed by atoms with Crippen molar-refractivity contribution in [3.63, 3.8) is 0 Å². The molecule has 0 unspecified atom stereocenters. The summed E-state index contributed by atoms with van der Waals surface area (Å²) in [5.41, 5.74) is -0.194. The van der Waals surface area contributed by atoms with Gasteiger partial charge in [0, 0.05) is 22.8 Å². The number of aryl methyl sites for hydroxylation is 1. The molecule has 0 radical (unpaired) electrons. The van der Waals surface area contributed by atoms with Gasteiger partial charge in [-0.3, -0.25) is 0 Å². The smallest absolute Gasteiger partial charge is 0.303 e. The van der Waals surface area contributed by atoms with Gasteiger partial charge in [-0.25, -0.2) is 4.98 Å². The Labute approximate surface area is 111 Å². The number of hydrogen-bond acceptors (Lipinski definition) is 1. The second-order valence-electron chi connectivity index (χ2n) is 3.74. The van der Waals surface area contributed by atoms with Gasteiger partial charge in [0.1, 0.15) is 5.82 Å². The lowest BCUT2D eigenvalue weighted by Gasteiger charge is -2.05. The maximum atomic E-state index is 12.6. The molecule has 0 aliphatic carbocycles. The Morgan fingerprint density at radius 1 is 1.22 bits per heavy atom. The van der Waals surface area contributed by atoms with E-state index >= 15 is 0 Å². The van der Waals surface area contributed by atoms with Crippen molar-refractivity contribution < 1.29 is 13.2 Å². The van der Waals surface area contributed by atoms with Gasteiger partial charge in [-0.15, -0.1) is 0 Å². The van der Waals surface area contributed by atoms with Gasteiger partial charge in [-0.1, -0.05) is 22.9 Å². The van der Waals surface area contributed by atoms with Crippen molar-refractivity contribution in [1.29, 1.82) is 0 Å². The van der Waals surface area contributed by atoms with Crippen molar-refractivity contribution in [2.24, 2.45) is 0 Å². The van der Waals surface area contributed by atoms with E-state index in [2.05, 4.69) is 20.9 Å². The molecular weight excluding hydrogens is 309 g/mol. The number of benzene rings is 1. The first-order chi connectivity index (χ1) is 8.41. The molecule has 0 aliphatic rings. The Kier molecular flexibility index (Phi) is 3.47. The van der Waals surface area contributed by atoms with Crippen LogP contribution in [0.3, 0.4) is 0 Å². The van der Waals surface area contributed by atoms with Crippen LogP contribution in [0.4, 0.5) is 13.2 Å². The molecule has 1 aromatic heterocycles. The van der Waals surface area contributed by atoms with Gasteiger partial charge in [0.15, 0.2) is 5.69 Å². The van der Waals surface area contributed by atoms with Crippen molar-refractivity contribution in [3.05, 3.63) is 46.5 Å². The lowest BCUT2D eigenvalue weighted by Crippen LogP contribution is -2.05. The standard InChI is InChI=1S/C12H10BrF3N2/c1-2-11-17-10(12(14,15)16)7-18(11)9-5-3-8(13)4-6-9/h3-7H,2H2,1H3. The summed E-state index contributed by atoms with van der Waals surface area (Å²) in [5, 5.41) is 0. The second kappa shape index (κ2) is 4.76. The average Bonchev–Trinajstić information content (AvgIpc) is 2.73. The lowest BCUT2D eigenvalue weighted by atomic mass is 10.3. The van der Waals surface area contributed by atoms with Crippen LogP contribution in [0.1, 0.15) is 18.4 Å². The van der Waals surface area contributed by atoms with Crippen LogP contribution in [-0.4, -0.2) is 9.55 Å². The molecule has 0 N–H and O–H groups in total. The fourth-order valence-corrected chi connectivity index (χ4v) is 1.89. The van der Waals surface area contributed by atoms with Crippen LogP contribution in [0.15, 0.2) is 34.9 Å².